The molecular weight excluding hydrogens is 480 g/mol. The zero-order valence-corrected chi connectivity index (χ0v) is 19.7. The van der Waals surface area contributed by atoms with Crippen molar-refractivity contribution in [2.24, 2.45) is 5.73 Å². The Bertz CT molecular complexity index is 989. The van der Waals surface area contributed by atoms with Gasteiger partial charge in [0.2, 0.25) is 12.2 Å². The van der Waals surface area contributed by atoms with Crippen LogP contribution in [0.25, 0.3) is 6.08 Å². The highest BCUT2D eigenvalue weighted by Crippen LogP contribution is 2.33. The van der Waals surface area contributed by atoms with Crippen molar-refractivity contribution in [1.82, 2.24) is 5.32 Å². The van der Waals surface area contributed by atoms with Crippen molar-refractivity contribution in [2.45, 2.75) is 81.1 Å². The number of nitrogens with one attached hydrogen (secondary N) is 1. The lowest BCUT2D eigenvalue weighted by Crippen LogP contribution is -2.67. The average Bonchev–Trinajstić information content (AvgIpc) is 3.43. The molecule has 0 bridgehead atoms. The summed E-state index contributed by atoms with van der Waals surface area (Å²) >= 11 is 0. The quantitative estimate of drug-likeness (QED) is 0.183. The van der Waals surface area contributed by atoms with Crippen LogP contribution in [0.3, 0.4) is 0 Å². The van der Waals surface area contributed by atoms with Crippen molar-refractivity contribution in [3.8, 4) is 11.5 Å². The van der Waals surface area contributed by atoms with E-state index in [9.17, 15) is 35.4 Å². The summed E-state index contributed by atoms with van der Waals surface area (Å²) in [6.45, 7) is 2.97. The van der Waals surface area contributed by atoms with E-state index in [2.05, 4.69) is 5.32 Å². The van der Waals surface area contributed by atoms with Crippen LogP contribution in [0.4, 0.5) is 0 Å². The summed E-state index contributed by atoms with van der Waals surface area (Å²) < 4.78 is 21.4. The van der Waals surface area contributed by atoms with E-state index >= 15 is 0 Å². The number of fused-ring (bicyclic) bond motifs is 1. The molecule has 2 saturated heterocycles. The number of rotatable bonds is 6. The summed E-state index contributed by atoms with van der Waals surface area (Å²) in [5, 5.41) is 64.2. The molecule has 11 atom stereocenters. The molecule has 1 unspecified atom stereocenters. The molecule has 1 aliphatic carbocycles. The Morgan fingerprint density at radius 2 is 1.75 bits per heavy atom. The van der Waals surface area contributed by atoms with Crippen molar-refractivity contribution < 1.29 is 54.4 Å². The minimum atomic E-state index is -1.48. The fourth-order valence-corrected chi connectivity index (χ4v) is 4.59. The van der Waals surface area contributed by atoms with Gasteiger partial charge in [0.15, 0.2) is 11.5 Å². The van der Waals surface area contributed by atoms with Gasteiger partial charge in [-0.3, -0.25) is 4.79 Å². The number of aliphatic hydroxyl groups excluding tert-OH is 5. The maximum Gasteiger partial charge on any atom is 0.247 e. The zero-order chi connectivity index (χ0) is 26.3. The Balaban J connectivity index is 1.41. The monoisotopic (exact) mass is 512 g/mol. The largest absolute Gasteiger partial charge is 0.504 e. The molecule has 13 nitrogen and oxygen atoms in total. The highest BCUT2D eigenvalue weighted by atomic mass is 16.7. The first-order valence-electron chi connectivity index (χ1n) is 11.5. The summed E-state index contributed by atoms with van der Waals surface area (Å²) in [6.07, 6.45) is -9.17. The molecule has 3 fully saturated rings. The molecule has 0 radical (unpaired) electrons. The van der Waals surface area contributed by atoms with Crippen molar-refractivity contribution >= 4 is 12.0 Å². The highest BCUT2D eigenvalue weighted by Gasteiger charge is 2.53. The van der Waals surface area contributed by atoms with Crippen LogP contribution >= 0.6 is 0 Å². The van der Waals surface area contributed by atoms with Gasteiger partial charge < -0.3 is 60.6 Å². The standard InChI is InChI=1S/C23H32N2O11/c1-8(22(32)25-13-14(27)16(29)21-20(15(13)28)33-7-34-21)5-10-3-4-12(11(26)6-10)35-23-18(31)17(30)19(36-23)9(2)24/h3-6,9,13-21,23,26-31H,7,24H2,1-2H3,(H,25,32)/b8-5+/t9?,13-,14+,15-,16-,17+,18+,19-,20+,21-,23-/m1/s1. The van der Waals surface area contributed by atoms with Gasteiger partial charge in [0.25, 0.3) is 0 Å². The first kappa shape index (κ1) is 26.7. The molecule has 0 spiro atoms. The number of ether oxygens (including phenoxy) is 4. The van der Waals surface area contributed by atoms with Gasteiger partial charge in [-0.15, -0.1) is 0 Å². The Hall–Kier alpha value is -2.33. The van der Waals surface area contributed by atoms with Gasteiger partial charge in [-0.2, -0.15) is 0 Å². The average molecular weight is 513 g/mol. The van der Waals surface area contributed by atoms with E-state index in [1.54, 1.807) is 6.92 Å². The molecule has 200 valence electrons. The number of carbonyl (C=O) groups is 1. The maximum atomic E-state index is 12.7. The number of carbonyl (C=O) groups excluding carboxylic acids is 1. The first-order chi connectivity index (χ1) is 17.0. The van der Waals surface area contributed by atoms with E-state index < -0.39 is 73.1 Å². The predicted octanol–water partition coefficient (Wildman–Crippen LogP) is -2.71. The van der Waals surface area contributed by atoms with Crippen LogP contribution in [0.2, 0.25) is 0 Å². The second kappa shape index (κ2) is 10.6. The number of hydrogen-bond acceptors (Lipinski definition) is 12. The maximum absolute atomic E-state index is 12.7. The molecule has 2 heterocycles. The summed E-state index contributed by atoms with van der Waals surface area (Å²) in [7, 11) is 0. The molecule has 9 N–H and O–H groups in total. The van der Waals surface area contributed by atoms with Crippen LogP contribution in [0.5, 0.6) is 11.5 Å². The number of hydrogen-bond donors (Lipinski definition) is 8. The summed E-state index contributed by atoms with van der Waals surface area (Å²) in [4.78, 5) is 12.7. The molecule has 1 aromatic carbocycles. The predicted molar refractivity (Wildman–Crippen MR) is 121 cm³/mol. The normalized spacial score (nSPS) is 39.5. The molecule has 1 saturated carbocycles. The zero-order valence-electron chi connectivity index (χ0n) is 19.7. The van der Waals surface area contributed by atoms with Crippen LogP contribution in [-0.2, 0) is 19.0 Å². The summed E-state index contributed by atoms with van der Waals surface area (Å²) in [6, 6.07) is 2.50. The lowest BCUT2D eigenvalue weighted by molar-refractivity contribution is -0.155. The number of aliphatic hydroxyl groups is 5. The van der Waals surface area contributed by atoms with Gasteiger partial charge in [0.1, 0.15) is 55.6 Å². The van der Waals surface area contributed by atoms with Gasteiger partial charge in [-0.25, -0.2) is 0 Å². The topological polar surface area (TPSA) is 213 Å². The number of phenols is 1. The van der Waals surface area contributed by atoms with E-state index in [4.69, 9.17) is 24.7 Å². The Labute approximate surface area is 206 Å². The van der Waals surface area contributed by atoms with Gasteiger partial charge in [-0.1, -0.05) is 6.07 Å². The third-order valence-corrected chi connectivity index (χ3v) is 6.64. The molecule has 36 heavy (non-hydrogen) atoms. The highest BCUT2D eigenvalue weighted by molar-refractivity contribution is 5.97. The minimum Gasteiger partial charge on any atom is -0.504 e. The van der Waals surface area contributed by atoms with E-state index in [0.29, 0.717) is 5.56 Å². The summed E-state index contributed by atoms with van der Waals surface area (Å²) in [5.41, 5.74) is 6.34. The van der Waals surface area contributed by atoms with Crippen LogP contribution < -0.4 is 15.8 Å². The van der Waals surface area contributed by atoms with Gasteiger partial charge in [0.05, 0.1) is 6.04 Å². The van der Waals surface area contributed by atoms with Crippen molar-refractivity contribution in [2.75, 3.05) is 6.79 Å². The number of amides is 1. The van der Waals surface area contributed by atoms with E-state index in [0.717, 1.165) is 0 Å². The van der Waals surface area contributed by atoms with Gasteiger partial charge in [0, 0.05) is 11.6 Å². The molecule has 1 amide bonds. The molecule has 0 aromatic heterocycles. The Kier molecular flexibility index (Phi) is 7.85. The second-order valence-electron chi connectivity index (χ2n) is 9.33. The van der Waals surface area contributed by atoms with E-state index in [-0.39, 0.29) is 23.9 Å². The van der Waals surface area contributed by atoms with E-state index in [1.165, 1.54) is 31.2 Å². The second-order valence-corrected chi connectivity index (χ2v) is 9.33. The summed E-state index contributed by atoms with van der Waals surface area (Å²) in [5.74, 6) is -0.954. The molecule has 3 aliphatic rings. The van der Waals surface area contributed by atoms with Crippen LogP contribution in [0.1, 0.15) is 19.4 Å². The van der Waals surface area contributed by atoms with E-state index in [1.807, 2.05) is 0 Å². The van der Waals surface area contributed by atoms with Gasteiger partial charge >= 0.3 is 0 Å². The van der Waals surface area contributed by atoms with Crippen LogP contribution in [0, 0.1) is 0 Å². The molecule has 13 heteroatoms. The third kappa shape index (κ3) is 5.07. The lowest BCUT2D eigenvalue weighted by Gasteiger charge is -2.41. The molecule has 2 aliphatic heterocycles. The first-order valence-corrected chi connectivity index (χ1v) is 11.5. The van der Waals surface area contributed by atoms with Crippen LogP contribution in [-0.4, -0.2) is 111 Å². The Morgan fingerprint density at radius 3 is 2.36 bits per heavy atom. The van der Waals surface area contributed by atoms with Crippen LogP contribution in [0.15, 0.2) is 23.8 Å². The fourth-order valence-electron chi connectivity index (χ4n) is 4.59. The van der Waals surface area contributed by atoms with Crippen molar-refractivity contribution in [3.63, 3.8) is 0 Å². The van der Waals surface area contributed by atoms with Crippen molar-refractivity contribution in [1.29, 1.82) is 0 Å². The number of aromatic hydroxyl groups is 1. The van der Waals surface area contributed by atoms with Crippen molar-refractivity contribution in [3.05, 3.63) is 29.3 Å². The minimum absolute atomic E-state index is 0.0217. The van der Waals surface area contributed by atoms with Gasteiger partial charge in [-0.05, 0) is 37.6 Å². The number of nitrogens with two attached hydrogens (primary N) is 1. The fraction of sp³-hybridized carbons (Fsp3) is 0.609. The Morgan fingerprint density at radius 1 is 1.08 bits per heavy atom. The SMILES string of the molecule is C/C(=C\c1ccc(O[C@@H]2O[C@H](C(C)N)[C@@H](O)[C@@H]2O)c(O)c1)C(=O)N[C@@H]1[C@H](O)[C@@H](O)[C@H]2OCO[C@H]2[C@@H]1O. The molecule has 4 rings (SSSR count). The molecule has 1 aromatic rings. The smallest absolute Gasteiger partial charge is 0.247 e. The lowest BCUT2D eigenvalue weighted by atomic mass is 9.83. The molecular formula is C23H32N2O11. The third-order valence-electron chi connectivity index (χ3n) is 6.64. The number of phenolic OH excluding ortho intramolecular Hbond substituents is 1. The number of benzene rings is 1.